The predicted octanol–water partition coefficient (Wildman–Crippen LogP) is 5.12. The van der Waals surface area contributed by atoms with Crippen molar-refractivity contribution in [3.8, 4) is 0 Å². The third kappa shape index (κ3) is 5.45. The van der Waals surface area contributed by atoms with Gasteiger partial charge in [-0.1, -0.05) is 59.2 Å². The van der Waals surface area contributed by atoms with Crippen LogP contribution in [0.1, 0.15) is 11.1 Å². The van der Waals surface area contributed by atoms with Gasteiger partial charge in [0.1, 0.15) is 0 Å². The van der Waals surface area contributed by atoms with Crippen LogP contribution in [0.3, 0.4) is 0 Å². The predicted molar refractivity (Wildman–Crippen MR) is 129 cm³/mol. The molecule has 2 aromatic rings. The van der Waals surface area contributed by atoms with Crippen molar-refractivity contribution < 1.29 is 4.79 Å². The Morgan fingerprint density at radius 2 is 1.90 bits per heavy atom. The molecule has 8 heteroatoms. The molecule has 0 aliphatic carbocycles. The van der Waals surface area contributed by atoms with Gasteiger partial charge in [-0.25, -0.2) is 0 Å². The van der Waals surface area contributed by atoms with E-state index in [9.17, 15) is 4.79 Å². The summed E-state index contributed by atoms with van der Waals surface area (Å²) in [5, 5.41) is 9.73. The second-order valence-corrected chi connectivity index (χ2v) is 8.89. The van der Waals surface area contributed by atoms with Crippen molar-refractivity contribution in [2.45, 2.75) is 11.7 Å². The second kappa shape index (κ2) is 10.2. The van der Waals surface area contributed by atoms with Gasteiger partial charge in [-0.05, 0) is 41.8 Å². The first-order valence-corrected chi connectivity index (χ1v) is 10.9. The van der Waals surface area contributed by atoms with Crippen LogP contribution in [0.5, 0.6) is 0 Å². The van der Waals surface area contributed by atoms with Crippen molar-refractivity contribution in [3.05, 3.63) is 76.3 Å². The number of nitrogens with zero attached hydrogens (tertiary/aromatic N) is 4. The fraction of sp³-hybridized carbons (Fsp3) is 0.227. The smallest absolute Gasteiger partial charge is 0.242 e. The van der Waals surface area contributed by atoms with Crippen LogP contribution in [0.2, 0.25) is 10.0 Å². The first-order chi connectivity index (χ1) is 14.4. The van der Waals surface area contributed by atoms with Crippen molar-refractivity contribution in [3.63, 3.8) is 0 Å². The Morgan fingerprint density at radius 3 is 2.53 bits per heavy atom. The quantitative estimate of drug-likeness (QED) is 0.327. The number of amides is 1. The zero-order valence-corrected chi connectivity index (χ0v) is 19.1. The second-order valence-electron chi connectivity index (χ2n) is 6.91. The average Bonchev–Trinajstić information content (AvgIpc) is 3.00. The molecular formula is C22H22Cl2N4OS. The molecule has 1 aliphatic rings. The molecule has 1 amide bonds. The van der Waals surface area contributed by atoms with Crippen LogP contribution in [0.25, 0.3) is 0 Å². The van der Waals surface area contributed by atoms with Crippen molar-refractivity contribution in [2.24, 2.45) is 10.2 Å². The zero-order chi connectivity index (χ0) is 21.7. The molecule has 30 heavy (non-hydrogen) atoms. The number of hydrogen-bond donors (Lipinski definition) is 0. The molecule has 3 rings (SSSR count). The normalized spacial score (nSPS) is 17.9. The molecule has 2 aromatic carbocycles. The van der Waals surface area contributed by atoms with E-state index in [1.165, 1.54) is 11.8 Å². The average molecular weight is 461 g/mol. The Balaban J connectivity index is 1.74. The van der Waals surface area contributed by atoms with E-state index in [0.717, 1.165) is 16.8 Å². The third-order valence-corrected chi connectivity index (χ3v) is 6.40. The summed E-state index contributed by atoms with van der Waals surface area (Å²) < 4.78 is 0. The summed E-state index contributed by atoms with van der Waals surface area (Å²) in [7, 11) is 3.98. The number of benzene rings is 2. The summed E-state index contributed by atoms with van der Waals surface area (Å²) in [5.41, 5.74) is 2.99. The Labute approximate surface area is 191 Å². The van der Waals surface area contributed by atoms with E-state index < -0.39 is 0 Å². The number of hydrogen-bond acceptors (Lipinski definition) is 5. The maximum absolute atomic E-state index is 12.9. The number of carbonyl (C=O) groups is 1. The molecule has 0 N–H and O–H groups in total. The van der Waals surface area contributed by atoms with Gasteiger partial charge in [0, 0.05) is 26.3 Å². The minimum atomic E-state index is -0.296. The monoisotopic (exact) mass is 460 g/mol. The highest BCUT2D eigenvalue weighted by atomic mass is 35.5. The van der Waals surface area contributed by atoms with Crippen molar-refractivity contribution in [2.75, 3.05) is 25.5 Å². The lowest BCUT2D eigenvalue weighted by Gasteiger charge is -2.13. The molecule has 0 saturated carbocycles. The molecule has 0 bridgehead atoms. The largest absolute Gasteiger partial charge is 0.378 e. The van der Waals surface area contributed by atoms with Gasteiger partial charge in [0.2, 0.25) is 5.91 Å². The summed E-state index contributed by atoms with van der Waals surface area (Å²) >= 11 is 13.5. The number of rotatable bonds is 7. The fourth-order valence-corrected chi connectivity index (χ4v) is 4.36. The topological polar surface area (TPSA) is 48.3 Å². The fourth-order valence-electron chi connectivity index (χ4n) is 2.90. The van der Waals surface area contributed by atoms with Gasteiger partial charge < -0.3 is 4.90 Å². The van der Waals surface area contributed by atoms with Crippen LogP contribution in [-0.4, -0.2) is 48.1 Å². The van der Waals surface area contributed by atoms with Gasteiger partial charge in [0.15, 0.2) is 5.17 Å². The summed E-state index contributed by atoms with van der Waals surface area (Å²) in [6.45, 7) is 4.13. The first-order valence-electron chi connectivity index (χ1n) is 9.30. The minimum absolute atomic E-state index is 0.0183. The van der Waals surface area contributed by atoms with Gasteiger partial charge in [-0.15, -0.1) is 11.7 Å². The lowest BCUT2D eigenvalue weighted by atomic mass is 10.1. The van der Waals surface area contributed by atoms with Crippen LogP contribution in [-0.2, 0) is 11.2 Å². The summed E-state index contributed by atoms with van der Waals surface area (Å²) in [6.07, 6.45) is 3.89. The Hall–Kier alpha value is -2.28. The highest BCUT2D eigenvalue weighted by Gasteiger charge is 2.37. The van der Waals surface area contributed by atoms with Crippen LogP contribution in [0.15, 0.2) is 65.3 Å². The lowest BCUT2D eigenvalue weighted by molar-refractivity contribution is -0.125. The van der Waals surface area contributed by atoms with Gasteiger partial charge in [-0.3, -0.25) is 9.69 Å². The number of halogens is 2. The summed E-state index contributed by atoms with van der Waals surface area (Å²) in [5.74, 6) is -0.0183. The van der Waals surface area contributed by atoms with Gasteiger partial charge in [-0.2, -0.15) is 5.10 Å². The van der Waals surface area contributed by atoms with Crippen LogP contribution in [0, 0.1) is 0 Å². The minimum Gasteiger partial charge on any atom is -0.378 e. The van der Waals surface area contributed by atoms with E-state index >= 15 is 0 Å². The standard InChI is InChI=1S/C22H22Cl2N4OS/c1-4-11-28-21(29)20(13-16-7-10-18(23)19(24)12-16)30-22(28)26-25-14-15-5-8-17(9-6-15)27(2)3/h4-10,12,14,20H,1,11,13H2,2-3H3/b25-14-,26-22-/t20-/m0/s1. The van der Waals surface area contributed by atoms with E-state index in [4.69, 9.17) is 23.2 Å². The SMILES string of the molecule is C=CCN1C(=O)[C@H](Cc2ccc(Cl)c(Cl)c2)S/C1=N\N=C/c1ccc(N(C)C)cc1. The number of anilines is 1. The van der Waals surface area contributed by atoms with Crippen molar-refractivity contribution in [1.82, 2.24) is 4.90 Å². The molecule has 156 valence electrons. The Morgan fingerprint density at radius 1 is 1.17 bits per heavy atom. The van der Waals surface area contributed by atoms with Gasteiger partial charge >= 0.3 is 0 Å². The van der Waals surface area contributed by atoms with Crippen LogP contribution < -0.4 is 4.90 Å². The van der Waals surface area contributed by atoms with E-state index in [1.807, 2.05) is 49.3 Å². The van der Waals surface area contributed by atoms with E-state index in [-0.39, 0.29) is 11.2 Å². The molecule has 1 saturated heterocycles. The van der Waals surface area contributed by atoms with E-state index in [0.29, 0.717) is 28.2 Å². The molecule has 0 unspecified atom stereocenters. The maximum Gasteiger partial charge on any atom is 0.242 e. The molecule has 0 radical (unpaired) electrons. The van der Waals surface area contributed by atoms with Gasteiger partial charge in [0.05, 0.1) is 21.5 Å². The van der Waals surface area contributed by atoms with Crippen molar-refractivity contribution >= 4 is 57.9 Å². The highest BCUT2D eigenvalue weighted by molar-refractivity contribution is 8.15. The lowest BCUT2D eigenvalue weighted by Crippen LogP contribution is -2.32. The molecule has 0 aromatic heterocycles. The van der Waals surface area contributed by atoms with E-state index in [2.05, 4.69) is 16.8 Å². The first kappa shape index (κ1) is 22.4. The highest BCUT2D eigenvalue weighted by Crippen LogP contribution is 2.31. The Kier molecular flexibility index (Phi) is 7.58. The van der Waals surface area contributed by atoms with Gasteiger partial charge in [0.25, 0.3) is 0 Å². The molecule has 0 spiro atoms. The molecule has 1 aliphatic heterocycles. The molecule has 1 heterocycles. The number of amidine groups is 1. The molecule has 5 nitrogen and oxygen atoms in total. The molecule has 1 atom stereocenters. The van der Waals surface area contributed by atoms with Crippen LogP contribution in [0.4, 0.5) is 5.69 Å². The number of thioether (sulfide) groups is 1. The summed E-state index contributed by atoms with van der Waals surface area (Å²) in [6, 6.07) is 13.4. The zero-order valence-electron chi connectivity index (χ0n) is 16.8. The Bertz CT molecular complexity index is 989. The van der Waals surface area contributed by atoms with E-state index in [1.54, 1.807) is 29.3 Å². The third-order valence-electron chi connectivity index (χ3n) is 4.50. The summed E-state index contributed by atoms with van der Waals surface area (Å²) in [4.78, 5) is 16.5. The number of carbonyl (C=O) groups excluding carboxylic acids is 1. The molecule has 1 fully saturated rings. The maximum atomic E-state index is 12.9. The molecular weight excluding hydrogens is 439 g/mol. The van der Waals surface area contributed by atoms with Crippen molar-refractivity contribution in [1.29, 1.82) is 0 Å². The van der Waals surface area contributed by atoms with Crippen LogP contribution >= 0.6 is 35.0 Å².